The molecule has 2 aromatic rings. The molecule has 180 valence electrons. The van der Waals surface area contributed by atoms with Crippen LogP contribution in [-0.4, -0.2) is 27.5 Å². The molecular weight excluding hydrogens is 432 g/mol. The lowest BCUT2D eigenvalue weighted by Gasteiger charge is -2.55. The van der Waals surface area contributed by atoms with Gasteiger partial charge in [0.2, 0.25) is 0 Å². The van der Waals surface area contributed by atoms with E-state index in [9.17, 15) is 4.79 Å². The smallest absolute Gasteiger partial charge is 0.156 e. The fourth-order valence-corrected chi connectivity index (χ4v) is 8.71. The Morgan fingerprint density at radius 3 is 2.71 bits per heavy atom. The van der Waals surface area contributed by atoms with Gasteiger partial charge in [0, 0.05) is 35.8 Å². The second-order valence-electron chi connectivity index (χ2n) is 11.6. The van der Waals surface area contributed by atoms with Gasteiger partial charge in [0.15, 0.2) is 5.78 Å². The van der Waals surface area contributed by atoms with Crippen molar-refractivity contribution in [2.75, 3.05) is 6.61 Å². The van der Waals surface area contributed by atoms with Crippen LogP contribution in [-0.2, 0) is 9.53 Å². The second-order valence-corrected chi connectivity index (χ2v) is 11.6. The largest absolute Gasteiger partial charge is 0.370 e. The number of benzene rings is 1. The molecule has 2 saturated carbocycles. The van der Waals surface area contributed by atoms with E-state index in [2.05, 4.69) is 47.3 Å². The van der Waals surface area contributed by atoms with Gasteiger partial charge in [-0.05, 0) is 97.3 Å². The zero-order valence-electron chi connectivity index (χ0n) is 20.6. The summed E-state index contributed by atoms with van der Waals surface area (Å²) in [6.07, 6.45) is 15.8. The van der Waals surface area contributed by atoms with Crippen molar-refractivity contribution >= 4 is 5.78 Å². The summed E-state index contributed by atoms with van der Waals surface area (Å²) < 4.78 is 8.72. The minimum atomic E-state index is -0.165. The van der Waals surface area contributed by atoms with Crippen molar-refractivity contribution < 1.29 is 9.53 Å². The van der Waals surface area contributed by atoms with Crippen molar-refractivity contribution in [1.29, 1.82) is 0 Å². The number of hydrogen-bond acceptors (Lipinski definition) is 3. The summed E-state index contributed by atoms with van der Waals surface area (Å²) in [5.41, 5.74) is 8.27. The first-order valence-electron chi connectivity index (χ1n) is 13.4. The van der Waals surface area contributed by atoms with E-state index >= 15 is 0 Å². The average Bonchev–Trinajstić information content (AvgIpc) is 3.60. The highest BCUT2D eigenvalue weighted by Crippen LogP contribution is 2.70. The number of ether oxygens (including phenoxy) is 1. The molecule has 0 bridgehead atoms. The molecule has 4 aliphatic carbocycles. The molecule has 2 heterocycles. The molecule has 1 aromatic heterocycles. The SMILES string of the molecule is C=C1CCOC12CCC1C3CCC4=CC(=O)CCC4=C3[C@@H](c3ccc(-n4ccnc4)cc3)CC12C. The van der Waals surface area contributed by atoms with Crippen LogP contribution < -0.4 is 0 Å². The third-order valence-corrected chi connectivity index (χ3v) is 10.3. The Morgan fingerprint density at radius 2 is 1.97 bits per heavy atom. The molecule has 4 unspecified atom stereocenters. The lowest BCUT2D eigenvalue weighted by atomic mass is 9.50. The van der Waals surface area contributed by atoms with Crippen molar-refractivity contribution in [2.24, 2.45) is 17.3 Å². The van der Waals surface area contributed by atoms with Crippen LogP contribution in [0.2, 0.25) is 0 Å². The van der Waals surface area contributed by atoms with Crippen molar-refractivity contribution in [1.82, 2.24) is 9.55 Å². The highest BCUT2D eigenvalue weighted by atomic mass is 16.5. The number of carbonyl (C=O) groups excluding carboxylic acids is 1. The van der Waals surface area contributed by atoms with Gasteiger partial charge in [0.25, 0.3) is 0 Å². The molecule has 4 nitrogen and oxygen atoms in total. The normalized spacial score (nSPS) is 36.3. The highest BCUT2D eigenvalue weighted by Gasteiger charge is 2.65. The summed E-state index contributed by atoms with van der Waals surface area (Å²) in [6, 6.07) is 9.11. The number of rotatable bonds is 2. The lowest BCUT2D eigenvalue weighted by molar-refractivity contribution is -0.114. The Balaban J connectivity index is 1.37. The van der Waals surface area contributed by atoms with E-state index in [1.165, 1.54) is 28.7 Å². The van der Waals surface area contributed by atoms with Crippen molar-refractivity contribution in [3.8, 4) is 5.69 Å². The molecule has 0 amide bonds. The number of hydrogen-bond donors (Lipinski definition) is 0. The summed E-state index contributed by atoms with van der Waals surface area (Å²) in [5, 5.41) is 0. The van der Waals surface area contributed by atoms with Gasteiger partial charge in [-0.15, -0.1) is 0 Å². The Kier molecular flexibility index (Phi) is 4.70. The number of imidazole rings is 1. The fraction of sp³-hybridized carbons (Fsp3) is 0.484. The van der Waals surface area contributed by atoms with Crippen molar-refractivity contribution in [2.45, 2.75) is 69.8 Å². The number of allylic oxidation sites excluding steroid dienone is 4. The third-order valence-electron chi connectivity index (χ3n) is 10.3. The van der Waals surface area contributed by atoms with Gasteiger partial charge in [-0.25, -0.2) is 4.98 Å². The molecule has 3 fully saturated rings. The zero-order valence-corrected chi connectivity index (χ0v) is 20.6. The molecule has 35 heavy (non-hydrogen) atoms. The standard InChI is InChI=1S/C31H34N2O2/c1-20-12-16-35-31(20)13-11-28-26-9-5-22-17-24(34)8-10-25(22)29(26)27(18-30(28,31)2)21-3-6-23(7-4-21)33-15-14-32-19-33/h3-4,6-7,14-15,17,19,26-28H,1,5,8-13,16,18H2,2H3/t26?,27-,28?,30?,31?/m1/s1. The molecular formula is C31H34N2O2. The molecule has 1 spiro atoms. The van der Waals surface area contributed by atoms with Crippen LogP contribution in [0.15, 0.2) is 77.9 Å². The summed E-state index contributed by atoms with van der Waals surface area (Å²) in [5.74, 6) is 1.86. The van der Waals surface area contributed by atoms with Gasteiger partial charge in [-0.3, -0.25) is 4.79 Å². The monoisotopic (exact) mass is 466 g/mol. The maximum atomic E-state index is 12.3. The molecule has 1 aromatic carbocycles. The first-order valence-corrected chi connectivity index (χ1v) is 13.4. The Labute approximate surface area is 207 Å². The first kappa shape index (κ1) is 21.6. The van der Waals surface area contributed by atoms with Crippen LogP contribution in [0.1, 0.15) is 69.8 Å². The zero-order chi connectivity index (χ0) is 23.8. The lowest BCUT2D eigenvalue weighted by Crippen LogP contribution is -2.52. The molecule has 5 atom stereocenters. The fourth-order valence-electron chi connectivity index (χ4n) is 8.71. The third kappa shape index (κ3) is 2.95. The summed E-state index contributed by atoms with van der Waals surface area (Å²) in [7, 11) is 0. The maximum Gasteiger partial charge on any atom is 0.156 e. The summed E-state index contributed by atoms with van der Waals surface area (Å²) in [6.45, 7) is 7.89. The Hall–Kier alpha value is -2.72. The highest BCUT2D eigenvalue weighted by molar-refractivity contribution is 5.93. The second kappa shape index (κ2) is 7.64. The van der Waals surface area contributed by atoms with Crippen molar-refractivity contribution in [3.05, 3.63) is 83.5 Å². The molecule has 1 aliphatic heterocycles. The molecule has 5 aliphatic rings. The van der Waals surface area contributed by atoms with Crippen LogP contribution in [0.4, 0.5) is 0 Å². The van der Waals surface area contributed by atoms with Gasteiger partial charge < -0.3 is 9.30 Å². The number of fused-ring (bicyclic) bond motifs is 5. The minimum absolute atomic E-state index is 0.0920. The number of carbonyl (C=O) groups is 1. The Morgan fingerprint density at radius 1 is 1.11 bits per heavy atom. The van der Waals surface area contributed by atoms with Crippen LogP contribution >= 0.6 is 0 Å². The molecule has 0 N–H and O–H groups in total. The minimum Gasteiger partial charge on any atom is -0.370 e. The van der Waals surface area contributed by atoms with Crippen LogP contribution in [0.3, 0.4) is 0 Å². The predicted molar refractivity (Wildman–Crippen MR) is 136 cm³/mol. The van der Waals surface area contributed by atoms with Gasteiger partial charge in [0.05, 0.1) is 18.5 Å². The van der Waals surface area contributed by atoms with Gasteiger partial charge >= 0.3 is 0 Å². The van der Waals surface area contributed by atoms with E-state index in [1.54, 1.807) is 5.57 Å². The van der Waals surface area contributed by atoms with Gasteiger partial charge in [-0.2, -0.15) is 0 Å². The number of ketones is 1. The number of aromatic nitrogens is 2. The van der Waals surface area contributed by atoms with E-state index < -0.39 is 0 Å². The quantitative estimate of drug-likeness (QED) is 0.475. The average molecular weight is 467 g/mol. The molecule has 1 saturated heterocycles. The van der Waals surface area contributed by atoms with Gasteiger partial charge in [-0.1, -0.05) is 31.2 Å². The summed E-state index contributed by atoms with van der Waals surface area (Å²) >= 11 is 0. The molecule has 4 heteroatoms. The van der Waals surface area contributed by atoms with E-state index in [0.717, 1.165) is 50.8 Å². The van der Waals surface area contributed by atoms with Gasteiger partial charge in [0.1, 0.15) is 0 Å². The predicted octanol–water partition coefficient (Wildman–Crippen LogP) is 6.49. The van der Waals surface area contributed by atoms with E-state index in [0.29, 0.717) is 30.0 Å². The topological polar surface area (TPSA) is 44.1 Å². The molecule has 0 radical (unpaired) electrons. The van der Waals surface area contributed by atoms with Crippen molar-refractivity contribution in [3.63, 3.8) is 0 Å². The Bertz CT molecular complexity index is 1270. The van der Waals surface area contributed by atoms with Crippen LogP contribution in [0.25, 0.3) is 5.69 Å². The van der Waals surface area contributed by atoms with E-state index in [1.807, 2.05) is 24.8 Å². The van der Waals surface area contributed by atoms with E-state index in [-0.39, 0.29) is 11.0 Å². The maximum absolute atomic E-state index is 12.3. The first-order chi connectivity index (χ1) is 17.0. The van der Waals surface area contributed by atoms with E-state index in [4.69, 9.17) is 4.74 Å². The summed E-state index contributed by atoms with van der Waals surface area (Å²) in [4.78, 5) is 16.5. The number of nitrogens with zero attached hydrogens (tertiary/aromatic N) is 2. The molecule has 7 rings (SSSR count). The van der Waals surface area contributed by atoms with Crippen LogP contribution in [0, 0.1) is 17.3 Å². The van der Waals surface area contributed by atoms with Crippen LogP contribution in [0.5, 0.6) is 0 Å².